The van der Waals surface area contributed by atoms with Gasteiger partial charge in [0.25, 0.3) is 0 Å². The molecule has 0 atom stereocenters. The van der Waals surface area contributed by atoms with Crippen molar-refractivity contribution < 1.29 is 19.0 Å². The molecular formula is C22H37IN4O4. The molecule has 1 amide bonds. The van der Waals surface area contributed by atoms with Gasteiger partial charge in [-0.15, -0.1) is 24.0 Å². The molecule has 0 saturated carbocycles. The number of hydrogen-bond acceptors (Lipinski definition) is 5. The zero-order valence-electron chi connectivity index (χ0n) is 19.5. The maximum Gasteiger partial charge on any atom is 0.410 e. The van der Waals surface area contributed by atoms with Crippen molar-refractivity contribution in [2.24, 2.45) is 10.9 Å². The highest BCUT2D eigenvalue weighted by molar-refractivity contribution is 14.0. The first-order valence-corrected chi connectivity index (χ1v) is 10.4. The van der Waals surface area contributed by atoms with Crippen LogP contribution in [0.1, 0.15) is 39.2 Å². The van der Waals surface area contributed by atoms with E-state index in [4.69, 9.17) is 14.2 Å². The van der Waals surface area contributed by atoms with Crippen LogP contribution in [0.2, 0.25) is 0 Å². The van der Waals surface area contributed by atoms with Crippen molar-refractivity contribution in [2.75, 3.05) is 40.9 Å². The maximum absolute atomic E-state index is 12.2. The van der Waals surface area contributed by atoms with Crippen LogP contribution < -0.4 is 20.1 Å². The van der Waals surface area contributed by atoms with Crippen LogP contribution in [0.5, 0.6) is 11.5 Å². The summed E-state index contributed by atoms with van der Waals surface area (Å²) in [4.78, 5) is 18.3. The molecule has 1 aromatic rings. The van der Waals surface area contributed by atoms with E-state index in [1.165, 1.54) is 0 Å². The van der Waals surface area contributed by atoms with E-state index in [0.717, 1.165) is 55.5 Å². The molecule has 1 heterocycles. The monoisotopic (exact) mass is 548 g/mol. The molecule has 1 aromatic carbocycles. The van der Waals surface area contributed by atoms with Crippen molar-refractivity contribution in [3.05, 3.63) is 23.8 Å². The van der Waals surface area contributed by atoms with E-state index in [-0.39, 0.29) is 30.1 Å². The number of guanidine groups is 1. The van der Waals surface area contributed by atoms with Crippen LogP contribution in [0.25, 0.3) is 0 Å². The van der Waals surface area contributed by atoms with Gasteiger partial charge in [0, 0.05) is 44.9 Å². The average molecular weight is 548 g/mol. The number of carbonyl (C=O) groups excluding carboxylic acids is 1. The fraction of sp³-hybridized carbons (Fsp3) is 0.636. The molecule has 0 aliphatic carbocycles. The number of nitrogens with zero attached hydrogens (tertiary/aromatic N) is 2. The lowest BCUT2D eigenvalue weighted by atomic mass is 9.97. The summed E-state index contributed by atoms with van der Waals surface area (Å²) in [6.07, 6.45) is 1.66. The van der Waals surface area contributed by atoms with E-state index in [1.54, 1.807) is 26.2 Å². The van der Waals surface area contributed by atoms with E-state index in [0.29, 0.717) is 12.5 Å². The van der Waals surface area contributed by atoms with Gasteiger partial charge in [0.2, 0.25) is 0 Å². The highest BCUT2D eigenvalue weighted by Gasteiger charge is 2.26. The van der Waals surface area contributed by atoms with E-state index < -0.39 is 5.60 Å². The van der Waals surface area contributed by atoms with Gasteiger partial charge in [0.05, 0.1) is 14.2 Å². The second-order valence-electron chi connectivity index (χ2n) is 8.40. The minimum Gasteiger partial charge on any atom is -0.497 e. The number of halogens is 1. The van der Waals surface area contributed by atoms with Gasteiger partial charge >= 0.3 is 6.09 Å². The molecule has 0 radical (unpaired) electrons. The number of nitrogens with one attached hydrogen (secondary N) is 2. The number of benzene rings is 1. The van der Waals surface area contributed by atoms with Gasteiger partial charge < -0.3 is 29.7 Å². The van der Waals surface area contributed by atoms with Gasteiger partial charge in [-0.2, -0.15) is 0 Å². The summed E-state index contributed by atoms with van der Waals surface area (Å²) in [5.41, 5.74) is 0.562. The average Bonchev–Trinajstić information content (AvgIpc) is 2.73. The van der Waals surface area contributed by atoms with Crippen LogP contribution in [0, 0.1) is 5.92 Å². The number of carbonyl (C=O) groups is 1. The zero-order valence-corrected chi connectivity index (χ0v) is 21.8. The van der Waals surface area contributed by atoms with E-state index >= 15 is 0 Å². The lowest BCUT2D eigenvalue weighted by Crippen LogP contribution is -2.45. The van der Waals surface area contributed by atoms with Crippen molar-refractivity contribution >= 4 is 36.0 Å². The van der Waals surface area contributed by atoms with Gasteiger partial charge in [-0.3, -0.25) is 4.99 Å². The third-order valence-electron chi connectivity index (χ3n) is 4.99. The minimum absolute atomic E-state index is 0. The Bertz CT molecular complexity index is 729. The second kappa shape index (κ2) is 12.8. The van der Waals surface area contributed by atoms with Gasteiger partial charge in [0.1, 0.15) is 17.1 Å². The fourth-order valence-corrected chi connectivity index (χ4v) is 3.28. The summed E-state index contributed by atoms with van der Waals surface area (Å²) in [5.74, 6) is 2.75. The lowest BCUT2D eigenvalue weighted by molar-refractivity contribution is 0.0185. The summed E-state index contributed by atoms with van der Waals surface area (Å²) in [7, 11) is 5.04. The van der Waals surface area contributed by atoms with Crippen LogP contribution in [-0.2, 0) is 11.3 Å². The topological polar surface area (TPSA) is 84.4 Å². The van der Waals surface area contributed by atoms with Crippen molar-refractivity contribution in [3.8, 4) is 11.5 Å². The predicted octanol–water partition coefficient (Wildman–Crippen LogP) is 3.63. The summed E-state index contributed by atoms with van der Waals surface area (Å²) < 4.78 is 16.1. The van der Waals surface area contributed by atoms with Crippen molar-refractivity contribution in [2.45, 2.75) is 45.8 Å². The standard InChI is InChI=1S/C22H36N4O4.HI/c1-22(2,3)30-21(27)26-11-9-16(10-12-26)14-24-20(23-4)25-15-17-7-8-18(28-5)13-19(17)29-6;/h7-8,13,16H,9-12,14-15H2,1-6H3,(H2,23,24,25);1H. The normalized spacial score (nSPS) is 15.0. The predicted molar refractivity (Wildman–Crippen MR) is 134 cm³/mol. The molecule has 9 heteroatoms. The van der Waals surface area contributed by atoms with Gasteiger partial charge in [-0.25, -0.2) is 4.79 Å². The number of ether oxygens (including phenoxy) is 3. The van der Waals surface area contributed by atoms with Crippen LogP contribution >= 0.6 is 24.0 Å². The molecule has 1 aliphatic rings. The fourth-order valence-electron chi connectivity index (χ4n) is 3.28. The molecule has 176 valence electrons. The zero-order chi connectivity index (χ0) is 22.1. The summed E-state index contributed by atoms with van der Waals surface area (Å²) >= 11 is 0. The maximum atomic E-state index is 12.2. The summed E-state index contributed by atoms with van der Waals surface area (Å²) in [6.45, 7) is 8.50. The van der Waals surface area contributed by atoms with Crippen LogP contribution in [-0.4, -0.2) is 63.5 Å². The van der Waals surface area contributed by atoms with Crippen molar-refractivity contribution in [3.63, 3.8) is 0 Å². The molecule has 31 heavy (non-hydrogen) atoms. The number of piperidine rings is 1. The molecule has 2 rings (SSSR count). The highest BCUT2D eigenvalue weighted by atomic mass is 127. The molecular weight excluding hydrogens is 511 g/mol. The first-order chi connectivity index (χ1) is 14.3. The number of hydrogen-bond donors (Lipinski definition) is 2. The molecule has 2 N–H and O–H groups in total. The van der Waals surface area contributed by atoms with Crippen LogP contribution in [0.3, 0.4) is 0 Å². The molecule has 0 bridgehead atoms. The Balaban J connectivity index is 0.00000480. The first-order valence-electron chi connectivity index (χ1n) is 10.4. The Kier molecular flexibility index (Phi) is 11.2. The van der Waals surface area contributed by atoms with Crippen molar-refractivity contribution in [1.29, 1.82) is 0 Å². The largest absolute Gasteiger partial charge is 0.497 e. The molecule has 8 nitrogen and oxygen atoms in total. The Labute approximate surface area is 203 Å². The highest BCUT2D eigenvalue weighted by Crippen LogP contribution is 2.24. The molecule has 1 saturated heterocycles. The van der Waals surface area contributed by atoms with Gasteiger partial charge in [-0.1, -0.05) is 0 Å². The molecule has 0 aromatic heterocycles. The number of aliphatic imine (C=N–C) groups is 1. The number of likely N-dealkylation sites (tertiary alicyclic amines) is 1. The quantitative estimate of drug-likeness (QED) is 0.321. The van der Waals surface area contributed by atoms with Crippen LogP contribution in [0.4, 0.5) is 4.79 Å². The van der Waals surface area contributed by atoms with Crippen LogP contribution in [0.15, 0.2) is 23.2 Å². The Morgan fingerprint density at radius 1 is 1.16 bits per heavy atom. The lowest BCUT2D eigenvalue weighted by Gasteiger charge is -2.33. The molecule has 1 aliphatic heterocycles. The Hall–Kier alpha value is -1.91. The van der Waals surface area contributed by atoms with E-state index in [1.807, 2.05) is 39.0 Å². The molecule has 0 unspecified atom stereocenters. The SMILES string of the molecule is CN=C(NCc1ccc(OC)cc1OC)NCC1CCN(C(=O)OC(C)(C)C)CC1.I. The Morgan fingerprint density at radius 2 is 1.84 bits per heavy atom. The molecule has 0 spiro atoms. The summed E-state index contributed by atoms with van der Waals surface area (Å²) in [6, 6.07) is 5.75. The minimum atomic E-state index is -0.458. The number of amides is 1. The summed E-state index contributed by atoms with van der Waals surface area (Å²) in [5, 5.41) is 6.71. The van der Waals surface area contributed by atoms with Gasteiger partial charge in [0.15, 0.2) is 5.96 Å². The van der Waals surface area contributed by atoms with E-state index in [2.05, 4.69) is 15.6 Å². The third kappa shape index (κ3) is 9.00. The van der Waals surface area contributed by atoms with E-state index in [9.17, 15) is 4.79 Å². The third-order valence-corrected chi connectivity index (χ3v) is 4.99. The van der Waals surface area contributed by atoms with Crippen molar-refractivity contribution in [1.82, 2.24) is 15.5 Å². The number of methoxy groups -OCH3 is 2. The Morgan fingerprint density at radius 3 is 2.39 bits per heavy atom. The smallest absolute Gasteiger partial charge is 0.410 e. The first kappa shape index (κ1) is 27.1. The second-order valence-corrected chi connectivity index (χ2v) is 8.40. The molecule has 1 fully saturated rings. The number of rotatable bonds is 6. The van der Waals surface area contributed by atoms with Gasteiger partial charge in [-0.05, 0) is 51.7 Å².